The first kappa shape index (κ1) is 14.7. The molecular weight excluding hydrogens is 356 g/mol. The second-order valence-corrected chi connectivity index (χ2v) is 5.12. The number of phenolic OH excluding ortho intramolecular Hbond substituents is 1. The van der Waals surface area contributed by atoms with Gasteiger partial charge in [-0.25, -0.2) is 8.78 Å². The molecule has 0 atom stereocenters. The Morgan fingerprint density at radius 1 is 1.25 bits per heavy atom. The molecule has 0 aromatic heterocycles. The minimum absolute atomic E-state index is 0.0257. The first-order valence-electron chi connectivity index (χ1n) is 5.33. The molecule has 1 amide bonds. The molecule has 0 saturated heterocycles. The molecule has 0 aliphatic rings. The van der Waals surface area contributed by atoms with Crippen LogP contribution in [0.3, 0.4) is 0 Å². The number of carbonyl (C=O) groups is 1. The average Bonchev–Trinajstić information content (AvgIpc) is 2.36. The smallest absolute Gasteiger partial charge is 0.257 e. The van der Waals surface area contributed by atoms with Crippen molar-refractivity contribution < 1.29 is 18.7 Å². The van der Waals surface area contributed by atoms with Gasteiger partial charge in [0, 0.05) is 10.5 Å². The molecule has 0 unspecified atom stereocenters. The molecule has 0 spiro atoms. The van der Waals surface area contributed by atoms with Crippen LogP contribution in [0.2, 0.25) is 5.02 Å². The third-order valence-electron chi connectivity index (χ3n) is 2.44. The van der Waals surface area contributed by atoms with Gasteiger partial charge in [-0.05, 0) is 40.2 Å². The number of aromatic hydroxyl groups is 1. The summed E-state index contributed by atoms with van der Waals surface area (Å²) in [4.78, 5) is 12.0. The zero-order valence-electron chi connectivity index (χ0n) is 9.75. The number of benzene rings is 2. The standard InChI is InChI=1S/C13H7BrClF2NO2/c14-9-3-6(16)4-11(17)12(9)18-13(20)8-5-7(19)1-2-10(8)15/h1-5,19H,(H,18,20). The van der Waals surface area contributed by atoms with Gasteiger partial charge in [0.15, 0.2) is 5.82 Å². The summed E-state index contributed by atoms with van der Waals surface area (Å²) in [5.41, 5.74) is -0.238. The number of amides is 1. The van der Waals surface area contributed by atoms with E-state index in [1.54, 1.807) is 0 Å². The van der Waals surface area contributed by atoms with Gasteiger partial charge in [0.1, 0.15) is 11.6 Å². The second kappa shape index (κ2) is 5.76. The van der Waals surface area contributed by atoms with E-state index in [-0.39, 0.29) is 26.5 Å². The maximum atomic E-state index is 13.6. The van der Waals surface area contributed by atoms with Crippen LogP contribution in [0.25, 0.3) is 0 Å². The van der Waals surface area contributed by atoms with E-state index in [2.05, 4.69) is 21.2 Å². The summed E-state index contributed by atoms with van der Waals surface area (Å²) in [6.45, 7) is 0. The Bertz CT molecular complexity index is 671. The highest BCUT2D eigenvalue weighted by Crippen LogP contribution is 2.28. The van der Waals surface area contributed by atoms with Gasteiger partial charge < -0.3 is 10.4 Å². The molecule has 0 heterocycles. The van der Waals surface area contributed by atoms with E-state index < -0.39 is 17.5 Å². The molecule has 0 fully saturated rings. The number of halogens is 4. The lowest BCUT2D eigenvalue weighted by Gasteiger charge is -2.10. The summed E-state index contributed by atoms with van der Waals surface area (Å²) >= 11 is 8.78. The predicted molar refractivity (Wildman–Crippen MR) is 75.1 cm³/mol. The van der Waals surface area contributed by atoms with Crippen molar-refractivity contribution in [3.05, 3.63) is 57.0 Å². The highest BCUT2D eigenvalue weighted by atomic mass is 79.9. The van der Waals surface area contributed by atoms with Crippen molar-refractivity contribution in [1.82, 2.24) is 0 Å². The summed E-state index contributed by atoms with van der Waals surface area (Å²) in [6.07, 6.45) is 0. The lowest BCUT2D eigenvalue weighted by atomic mass is 10.2. The number of hydrogen-bond donors (Lipinski definition) is 2. The maximum Gasteiger partial charge on any atom is 0.257 e. The summed E-state index contributed by atoms with van der Waals surface area (Å²) < 4.78 is 26.6. The predicted octanol–water partition coefficient (Wildman–Crippen LogP) is 4.34. The summed E-state index contributed by atoms with van der Waals surface area (Å²) in [5.74, 6) is -2.58. The summed E-state index contributed by atoms with van der Waals surface area (Å²) in [6, 6.07) is 5.45. The van der Waals surface area contributed by atoms with Crippen molar-refractivity contribution in [1.29, 1.82) is 0 Å². The van der Waals surface area contributed by atoms with Crippen LogP contribution >= 0.6 is 27.5 Å². The van der Waals surface area contributed by atoms with Gasteiger partial charge in [0.25, 0.3) is 5.91 Å². The van der Waals surface area contributed by atoms with E-state index in [1.807, 2.05) is 0 Å². The number of phenols is 1. The Hall–Kier alpha value is -1.66. The highest BCUT2D eigenvalue weighted by Gasteiger charge is 2.16. The molecule has 2 aromatic carbocycles. The Kier molecular flexibility index (Phi) is 4.25. The largest absolute Gasteiger partial charge is 0.508 e. The number of rotatable bonds is 2. The fourth-order valence-corrected chi connectivity index (χ4v) is 2.24. The number of carbonyl (C=O) groups excluding carboxylic acids is 1. The topological polar surface area (TPSA) is 49.3 Å². The van der Waals surface area contributed by atoms with Gasteiger partial charge in [-0.3, -0.25) is 4.79 Å². The number of anilines is 1. The molecule has 2 aromatic rings. The van der Waals surface area contributed by atoms with E-state index in [0.29, 0.717) is 6.07 Å². The van der Waals surface area contributed by atoms with Crippen LogP contribution in [-0.4, -0.2) is 11.0 Å². The number of hydrogen-bond acceptors (Lipinski definition) is 2. The normalized spacial score (nSPS) is 10.4. The van der Waals surface area contributed by atoms with Gasteiger partial charge >= 0.3 is 0 Å². The van der Waals surface area contributed by atoms with Crippen molar-refractivity contribution in [3.8, 4) is 5.75 Å². The summed E-state index contributed by atoms with van der Waals surface area (Å²) in [7, 11) is 0. The van der Waals surface area contributed by atoms with E-state index in [0.717, 1.165) is 12.1 Å². The Balaban J connectivity index is 2.35. The van der Waals surface area contributed by atoms with Gasteiger partial charge in [-0.1, -0.05) is 11.6 Å². The molecule has 0 bridgehead atoms. The fraction of sp³-hybridized carbons (Fsp3) is 0. The third kappa shape index (κ3) is 3.08. The lowest BCUT2D eigenvalue weighted by Crippen LogP contribution is -2.14. The highest BCUT2D eigenvalue weighted by molar-refractivity contribution is 9.10. The molecule has 0 radical (unpaired) electrons. The number of nitrogens with one attached hydrogen (secondary N) is 1. The van der Waals surface area contributed by atoms with Crippen molar-refractivity contribution in [2.45, 2.75) is 0 Å². The first-order chi connectivity index (χ1) is 9.38. The van der Waals surface area contributed by atoms with Crippen LogP contribution in [-0.2, 0) is 0 Å². The van der Waals surface area contributed by atoms with E-state index in [1.165, 1.54) is 12.1 Å². The molecule has 7 heteroatoms. The van der Waals surface area contributed by atoms with Crippen molar-refractivity contribution >= 4 is 39.1 Å². The minimum atomic E-state index is -0.929. The fourth-order valence-electron chi connectivity index (χ4n) is 1.53. The first-order valence-corrected chi connectivity index (χ1v) is 6.50. The quantitative estimate of drug-likeness (QED) is 0.835. The van der Waals surface area contributed by atoms with Crippen LogP contribution < -0.4 is 5.32 Å². The zero-order chi connectivity index (χ0) is 14.9. The molecule has 20 heavy (non-hydrogen) atoms. The third-order valence-corrected chi connectivity index (χ3v) is 3.39. The molecular formula is C13H7BrClF2NO2. The molecule has 0 saturated carbocycles. The van der Waals surface area contributed by atoms with Gasteiger partial charge in [-0.2, -0.15) is 0 Å². The van der Waals surface area contributed by atoms with Gasteiger partial charge in [-0.15, -0.1) is 0 Å². The van der Waals surface area contributed by atoms with Crippen LogP contribution in [0.1, 0.15) is 10.4 Å². The van der Waals surface area contributed by atoms with Crippen LogP contribution in [0.15, 0.2) is 34.8 Å². The molecule has 2 rings (SSSR count). The summed E-state index contributed by atoms with van der Waals surface area (Å²) in [5, 5.41) is 11.7. The van der Waals surface area contributed by atoms with Crippen molar-refractivity contribution in [2.75, 3.05) is 5.32 Å². The van der Waals surface area contributed by atoms with Crippen molar-refractivity contribution in [2.24, 2.45) is 0 Å². The molecule has 104 valence electrons. The van der Waals surface area contributed by atoms with Crippen LogP contribution in [0.5, 0.6) is 5.75 Å². The molecule has 2 N–H and O–H groups in total. The Labute approximate surface area is 126 Å². The van der Waals surface area contributed by atoms with E-state index in [4.69, 9.17) is 11.6 Å². The SMILES string of the molecule is O=C(Nc1c(F)cc(F)cc1Br)c1cc(O)ccc1Cl. The molecule has 0 aliphatic carbocycles. The van der Waals surface area contributed by atoms with E-state index >= 15 is 0 Å². The van der Waals surface area contributed by atoms with E-state index in [9.17, 15) is 18.7 Å². The van der Waals surface area contributed by atoms with Crippen LogP contribution in [0.4, 0.5) is 14.5 Å². The van der Waals surface area contributed by atoms with Gasteiger partial charge in [0.2, 0.25) is 0 Å². The van der Waals surface area contributed by atoms with Gasteiger partial charge in [0.05, 0.1) is 16.3 Å². The van der Waals surface area contributed by atoms with Crippen molar-refractivity contribution in [3.63, 3.8) is 0 Å². The lowest BCUT2D eigenvalue weighted by molar-refractivity contribution is 0.102. The minimum Gasteiger partial charge on any atom is -0.508 e. The maximum absolute atomic E-state index is 13.6. The average molecular weight is 363 g/mol. The molecule has 0 aliphatic heterocycles. The monoisotopic (exact) mass is 361 g/mol. The van der Waals surface area contributed by atoms with Crippen LogP contribution in [0, 0.1) is 11.6 Å². The second-order valence-electron chi connectivity index (χ2n) is 3.86. The Morgan fingerprint density at radius 2 is 1.95 bits per heavy atom. The Morgan fingerprint density at radius 3 is 2.60 bits per heavy atom. The zero-order valence-corrected chi connectivity index (χ0v) is 12.1. The molecule has 3 nitrogen and oxygen atoms in total.